The zero-order valence-electron chi connectivity index (χ0n) is 13.0. The number of nitrogens with one attached hydrogen (secondary N) is 2. The number of benzene rings is 2. The fourth-order valence-electron chi connectivity index (χ4n) is 1.73. The van der Waals surface area contributed by atoms with Gasteiger partial charge in [-0.25, -0.2) is 9.82 Å². The SMILES string of the molecule is CC(C=Cc1ccccc1)=NNC(=O)C(=O)Nc1ccc(F)cc1. The molecule has 0 spiro atoms. The van der Waals surface area contributed by atoms with Crippen LogP contribution in [0.3, 0.4) is 0 Å². The van der Waals surface area contributed by atoms with Crippen LogP contribution in [0.2, 0.25) is 0 Å². The second-order valence-electron chi connectivity index (χ2n) is 4.90. The van der Waals surface area contributed by atoms with Gasteiger partial charge in [-0.3, -0.25) is 9.59 Å². The summed E-state index contributed by atoms with van der Waals surface area (Å²) in [6.45, 7) is 1.69. The number of hydrogen-bond acceptors (Lipinski definition) is 3. The number of nitrogens with zero attached hydrogens (tertiary/aromatic N) is 1. The molecule has 0 aliphatic rings. The Hall–Kier alpha value is -3.28. The van der Waals surface area contributed by atoms with Crippen molar-refractivity contribution in [1.82, 2.24) is 5.43 Å². The molecule has 2 rings (SSSR count). The highest BCUT2D eigenvalue weighted by atomic mass is 19.1. The average molecular weight is 325 g/mol. The maximum absolute atomic E-state index is 12.8. The molecule has 2 amide bonds. The molecular formula is C18H16FN3O2. The van der Waals surface area contributed by atoms with E-state index in [9.17, 15) is 14.0 Å². The Kier molecular flexibility index (Phi) is 5.96. The molecule has 0 atom stereocenters. The van der Waals surface area contributed by atoms with E-state index in [0.717, 1.165) is 5.56 Å². The molecular weight excluding hydrogens is 309 g/mol. The van der Waals surface area contributed by atoms with Crippen LogP contribution >= 0.6 is 0 Å². The monoisotopic (exact) mass is 325 g/mol. The molecule has 2 N–H and O–H groups in total. The lowest BCUT2D eigenvalue weighted by Crippen LogP contribution is -2.32. The van der Waals surface area contributed by atoms with Crippen LogP contribution in [-0.4, -0.2) is 17.5 Å². The van der Waals surface area contributed by atoms with E-state index in [-0.39, 0.29) is 0 Å². The highest BCUT2D eigenvalue weighted by molar-refractivity contribution is 6.39. The molecule has 0 saturated heterocycles. The minimum atomic E-state index is -0.910. The Balaban J connectivity index is 1.87. The summed E-state index contributed by atoms with van der Waals surface area (Å²) < 4.78 is 12.8. The summed E-state index contributed by atoms with van der Waals surface area (Å²) in [5.41, 5.74) is 4.00. The Morgan fingerprint density at radius 3 is 2.33 bits per heavy atom. The van der Waals surface area contributed by atoms with E-state index >= 15 is 0 Å². The predicted octanol–water partition coefficient (Wildman–Crippen LogP) is 2.97. The van der Waals surface area contributed by atoms with Crippen LogP contribution in [0.5, 0.6) is 0 Å². The Bertz CT molecular complexity index is 769. The van der Waals surface area contributed by atoms with Gasteiger partial charge in [0, 0.05) is 5.69 Å². The lowest BCUT2D eigenvalue weighted by Gasteiger charge is -2.03. The Morgan fingerprint density at radius 1 is 1.00 bits per heavy atom. The van der Waals surface area contributed by atoms with Crippen LogP contribution in [0.1, 0.15) is 12.5 Å². The lowest BCUT2D eigenvalue weighted by atomic mass is 10.2. The van der Waals surface area contributed by atoms with Gasteiger partial charge in [0.1, 0.15) is 5.82 Å². The third-order valence-electron chi connectivity index (χ3n) is 2.96. The first-order chi connectivity index (χ1) is 11.5. The summed E-state index contributed by atoms with van der Waals surface area (Å²) in [5, 5.41) is 6.17. The zero-order chi connectivity index (χ0) is 17.4. The molecule has 6 heteroatoms. The molecule has 0 aliphatic carbocycles. The molecule has 0 heterocycles. The molecule has 2 aromatic carbocycles. The van der Waals surface area contributed by atoms with E-state index in [0.29, 0.717) is 11.4 Å². The smallest absolute Gasteiger partial charge is 0.318 e. The minimum Gasteiger partial charge on any atom is -0.318 e. The molecule has 24 heavy (non-hydrogen) atoms. The minimum absolute atomic E-state index is 0.321. The van der Waals surface area contributed by atoms with E-state index in [4.69, 9.17) is 0 Å². The van der Waals surface area contributed by atoms with Gasteiger partial charge in [-0.1, -0.05) is 36.4 Å². The van der Waals surface area contributed by atoms with E-state index < -0.39 is 17.6 Å². The van der Waals surface area contributed by atoms with Gasteiger partial charge in [-0.15, -0.1) is 0 Å². The summed E-state index contributed by atoms with van der Waals surface area (Å²) in [4.78, 5) is 23.3. The molecule has 0 aromatic heterocycles. The first-order valence-corrected chi connectivity index (χ1v) is 7.19. The average Bonchev–Trinajstić information content (AvgIpc) is 2.60. The number of rotatable bonds is 4. The highest BCUT2D eigenvalue weighted by Crippen LogP contribution is 2.07. The molecule has 0 saturated carbocycles. The standard InChI is InChI=1S/C18H16FN3O2/c1-13(7-8-14-5-3-2-4-6-14)21-22-18(24)17(23)20-16-11-9-15(19)10-12-16/h2-12H,1H3,(H,20,23)(H,22,24). The predicted molar refractivity (Wildman–Crippen MR) is 91.8 cm³/mol. The number of amides is 2. The van der Waals surface area contributed by atoms with Crippen molar-refractivity contribution in [3.8, 4) is 0 Å². The first-order valence-electron chi connectivity index (χ1n) is 7.19. The van der Waals surface area contributed by atoms with Crippen LogP contribution in [0.25, 0.3) is 6.08 Å². The molecule has 2 aromatic rings. The van der Waals surface area contributed by atoms with Crippen LogP contribution in [-0.2, 0) is 9.59 Å². The maximum Gasteiger partial charge on any atom is 0.329 e. The number of anilines is 1. The van der Waals surface area contributed by atoms with Crippen molar-refractivity contribution in [3.63, 3.8) is 0 Å². The summed E-state index contributed by atoms with van der Waals surface area (Å²) in [6.07, 6.45) is 3.55. The normalized spacial score (nSPS) is 11.3. The third kappa shape index (κ3) is 5.49. The largest absolute Gasteiger partial charge is 0.329 e. The zero-order valence-corrected chi connectivity index (χ0v) is 13.0. The molecule has 0 fully saturated rings. The van der Waals surface area contributed by atoms with E-state index in [2.05, 4.69) is 15.8 Å². The number of carbonyl (C=O) groups excluding carboxylic acids is 2. The Morgan fingerprint density at radius 2 is 1.67 bits per heavy atom. The number of hydrazone groups is 1. The Labute approximate surface area is 138 Å². The second kappa shape index (κ2) is 8.38. The number of halogens is 1. The first kappa shape index (κ1) is 17.1. The van der Waals surface area contributed by atoms with E-state index in [1.54, 1.807) is 13.0 Å². The van der Waals surface area contributed by atoms with Crippen molar-refractivity contribution in [1.29, 1.82) is 0 Å². The quantitative estimate of drug-likeness (QED) is 0.515. The van der Waals surface area contributed by atoms with Gasteiger partial charge in [-0.2, -0.15) is 5.10 Å². The van der Waals surface area contributed by atoms with Crippen LogP contribution < -0.4 is 10.7 Å². The summed E-state index contributed by atoms with van der Waals surface area (Å²) in [5.74, 6) is -2.22. The van der Waals surface area contributed by atoms with Crippen molar-refractivity contribution in [2.45, 2.75) is 6.92 Å². The van der Waals surface area contributed by atoms with Gasteiger partial charge in [0.05, 0.1) is 5.71 Å². The fraction of sp³-hybridized carbons (Fsp3) is 0.0556. The van der Waals surface area contributed by atoms with Crippen LogP contribution in [0.15, 0.2) is 65.8 Å². The molecule has 5 nitrogen and oxygen atoms in total. The van der Waals surface area contributed by atoms with Crippen molar-refractivity contribution >= 4 is 29.3 Å². The third-order valence-corrected chi connectivity index (χ3v) is 2.96. The van der Waals surface area contributed by atoms with Crippen molar-refractivity contribution < 1.29 is 14.0 Å². The van der Waals surface area contributed by atoms with Gasteiger partial charge < -0.3 is 5.32 Å². The summed E-state index contributed by atoms with van der Waals surface area (Å²) in [7, 11) is 0. The van der Waals surface area contributed by atoms with Crippen molar-refractivity contribution in [2.24, 2.45) is 5.10 Å². The van der Waals surface area contributed by atoms with Gasteiger partial charge in [0.2, 0.25) is 0 Å². The molecule has 0 bridgehead atoms. The van der Waals surface area contributed by atoms with Gasteiger partial charge in [0.15, 0.2) is 0 Å². The molecule has 0 unspecified atom stereocenters. The van der Waals surface area contributed by atoms with Gasteiger partial charge >= 0.3 is 11.8 Å². The van der Waals surface area contributed by atoms with Gasteiger partial charge in [0.25, 0.3) is 0 Å². The molecule has 122 valence electrons. The highest BCUT2D eigenvalue weighted by Gasteiger charge is 2.12. The lowest BCUT2D eigenvalue weighted by molar-refractivity contribution is -0.136. The second-order valence-corrected chi connectivity index (χ2v) is 4.90. The fourth-order valence-corrected chi connectivity index (χ4v) is 1.73. The topological polar surface area (TPSA) is 70.6 Å². The van der Waals surface area contributed by atoms with Crippen molar-refractivity contribution in [3.05, 3.63) is 72.1 Å². The van der Waals surface area contributed by atoms with Crippen molar-refractivity contribution in [2.75, 3.05) is 5.32 Å². The van der Waals surface area contributed by atoms with Crippen LogP contribution in [0.4, 0.5) is 10.1 Å². The number of hydrogen-bond donors (Lipinski definition) is 2. The summed E-state index contributed by atoms with van der Waals surface area (Å²) in [6, 6.07) is 14.7. The molecule has 0 aliphatic heterocycles. The number of carbonyl (C=O) groups is 2. The van der Waals surface area contributed by atoms with E-state index in [1.807, 2.05) is 36.4 Å². The summed E-state index contributed by atoms with van der Waals surface area (Å²) >= 11 is 0. The number of allylic oxidation sites excluding steroid dienone is 1. The van der Waals surface area contributed by atoms with E-state index in [1.165, 1.54) is 24.3 Å². The van der Waals surface area contributed by atoms with Crippen LogP contribution in [0, 0.1) is 5.82 Å². The maximum atomic E-state index is 12.8. The van der Waals surface area contributed by atoms with Gasteiger partial charge in [-0.05, 0) is 42.8 Å². The molecule has 0 radical (unpaired) electrons.